The summed E-state index contributed by atoms with van der Waals surface area (Å²) in [4.78, 5) is 4.97. The number of rotatable bonds is 3. The summed E-state index contributed by atoms with van der Waals surface area (Å²) in [6.07, 6.45) is 3.44. The Kier molecular flexibility index (Phi) is 3.11. The van der Waals surface area contributed by atoms with Gasteiger partial charge in [0.1, 0.15) is 5.75 Å². The van der Waals surface area contributed by atoms with Crippen molar-refractivity contribution >= 4 is 11.8 Å². The first kappa shape index (κ1) is 11.7. The van der Waals surface area contributed by atoms with Crippen molar-refractivity contribution in [1.82, 2.24) is 25.2 Å². The lowest BCUT2D eigenvalue weighted by atomic mass is 10.3. The van der Waals surface area contributed by atoms with Gasteiger partial charge in [-0.1, -0.05) is 0 Å². The molecule has 0 unspecified atom stereocenters. The van der Waals surface area contributed by atoms with Crippen molar-refractivity contribution in [2.75, 3.05) is 0 Å². The number of pyridine rings is 1. The van der Waals surface area contributed by atoms with Crippen LogP contribution in [-0.4, -0.2) is 30.3 Å². The summed E-state index contributed by atoms with van der Waals surface area (Å²) in [5, 5.41) is 21.6. The molecule has 6 nitrogen and oxygen atoms in total. The van der Waals surface area contributed by atoms with Gasteiger partial charge in [-0.05, 0) is 58.6 Å². The van der Waals surface area contributed by atoms with Gasteiger partial charge in [0.2, 0.25) is 5.16 Å². The Balaban J connectivity index is 1.92. The van der Waals surface area contributed by atoms with E-state index in [-0.39, 0.29) is 5.75 Å². The zero-order valence-corrected chi connectivity index (χ0v) is 10.5. The summed E-state index contributed by atoms with van der Waals surface area (Å²) in [6.45, 7) is 0. The molecule has 3 rings (SSSR count). The van der Waals surface area contributed by atoms with E-state index < -0.39 is 0 Å². The van der Waals surface area contributed by atoms with E-state index in [0.717, 1.165) is 10.6 Å². The summed E-state index contributed by atoms with van der Waals surface area (Å²) in [5.74, 6) is 0.208. The van der Waals surface area contributed by atoms with Crippen molar-refractivity contribution in [3.63, 3.8) is 0 Å². The maximum absolute atomic E-state index is 9.29. The minimum absolute atomic E-state index is 0.208. The van der Waals surface area contributed by atoms with Crippen LogP contribution in [0.1, 0.15) is 0 Å². The van der Waals surface area contributed by atoms with E-state index in [0.29, 0.717) is 5.16 Å². The minimum Gasteiger partial charge on any atom is -0.508 e. The van der Waals surface area contributed by atoms with Crippen LogP contribution >= 0.6 is 11.8 Å². The van der Waals surface area contributed by atoms with Gasteiger partial charge in [0.25, 0.3) is 0 Å². The number of aromatic nitrogens is 5. The normalized spacial score (nSPS) is 10.5. The number of tetrazole rings is 1. The molecule has 0 aliphatic carbocycles. The van der Waals surface area contributed by atoms with Crippen LogP contribution < -0.4 is 0 Å². The molecular weight excluding hydrogens is 262 g/mol. The molecule has 94 valence electrons. The average molecular weight is 271 g/mol. The third kappa shape index (κ3) is 2.55. The standard InChI is InChI=1S/C12H9N5OS/c18-10-3-1-9(2-4-10)17-12(14-15-16-17)19-11-5-7-13-8-6-11/h1-8,18H. The SMILES string of the molecule is Oc1ccc(-n2nnnc2Sc2ccncc2)cc1. The van der Waals surface area contributed by atoms with Gasteiger partial charge in [-0.15, -0.1) is 5.10 Å². The first-order valence-electron chi connectivity index (χ1n) is 5.48. The van der Waals surface area contributed by atoms with Crippen LogP contribution in [0.15, 0.2) is 58.8 Å². The Morgan fingerprint density at radius 2 is 1.74 bits per heavy atom. The predicted molar refractivity (Wildman–Crippen MR) is 69.2 cm³/mol. The van der Waals surface area contributed by atoms with Crippen molar-refractivity contribution in [1.29, 1.82) is 0 Å². The number of hydrogen-bond donors (Lipinski definition) is 1. The number of aromatic hydroxyl groups is 1. The van der Waals surface area contributed by atoms with E-state index in [2.05, 4.69) is 20.5 Å². The van der Waals surface area contributed by atoms with E-state index >= 15 is 0 Å². The molecule has 0 radical (unpaired) electrons. The molecule has 1 N–H and O–H groups in total. The maximum atomic E-state index is 9.29. The second kappa shape index (κ2) is 5.07. The summed E-state index contributed by atoms with van der Waals surface area (Å²) in [5.41, 5.74) is 0.791. The van der Waals surface area contributed by atoms with Gasteiger partial charge in [0.15, 0.2) is 0 Å². The molecule has 0 saturated heterocycles. The monoisotopic (exact) mass is 271 g/mol. The molecule has 0 spiro atoms. The van der Waals surface area contributed by atoms with Crippen molar-refractivity contribution < 1.29 is 5.11 Å². The predicted octanol–water partition coefficient (Wildman–Crippen LogP) is 1.91. The van der Waals surface area contributed by atoms with Crippen LogP contribution in [0.2, 0.25) is 0 Å². The number of nitrogens with zero attached hydrogens (tertiary/aromatic N) is 5. The lowest BCUT2D eigenvalue weighted by Crippen LogP contribution is -1.98. The topological polar surface area (TPSA) is 76.7 Å². The van der Waals surface area contributed by atoms with Gasteiger partial charge >= 0.3 is 0 Å². The van der Waals surface area contributed by atoms with Gasteiger partial charge in [0.05, 0.1) is 5.69 Å². The summed E-state index contributed by atoms with van der Waals surface area (Å²) in [6, 6.07) is 10.5. The molecule has 7 heteroatoms. The quantitative estimate of drug-likeness (QED) is 0.784. The first-order chi connectivity index (χ1) is 9.33. The Morgan fingerprint density at radius 1 is 1.00 bits per heavy atom. The van der Waals surface area contributed by atoms with Crippen LogP contribution in [0.3, 0.4) is 0 Å². The molecule has 0 fully saturated rings. The zero-order valence-electron chi connectivity index (χ0n) is 9.71. The van der Waals surface area contributed by atoms with E-state index in [1.54, 1.807) is 41.3 Å². The van der Waals surface area contributed by atoms with Gasteiger partial charge in [0, 0.05) is 17.3 Å². The number of hydrogen-bond acceptors (Lipinski definition) is 6. The highest BCUT2D eigenvalue weighted by Crippen LogP contribution is 2.26. The summed E-state index contributed by atoms with van der Waals surface area (Å²) >= 11 is 1.44. The zero-order chi connectivity index (χ0) is 13.1. The van der Waals surface area contributed by atoms with Gasteiger partial charge in [-0.2, -0.15) is 4.68 Å². The minimum atomic E-state index is 0.208. The van der Waals surface area contributed by atoms with Gasteiger partial charge in [-0.25, -0.2) is 0 Å². The highest BCUT2D eigenvalue weighted by molar-refractivity contribution is 7.99. The van der Waals surface area contributed by atoms with Crippen LogP contribution in [0, 0.1) is 0 Å². The van der Waals surface area contributed by atoms with E-state index in [9.17, 15) is 5.11 Å². The Hall–Kier alpha value is -2.41. The van der Waals surface area contributed by atoms with E-state index in [4.69, 9.17) is 0 Å². The highest BCUT2D eigenvalue weighted by Gasteiger charge is 2.09. The fraction of sp³-hybridized carbons (Fsp3) is 0. The van der Waals surface area contributed by atoms with Crippen molar-refractivity contribution in [2.45, 2.75) is 10.1 Å². The largest absolute Gasteiger partial charge is 0.508 e. The second-order valence-electron chi connectivity index (χ2n) is 3.67. The molecule has 19 heavy (non-hydrogen) atoms. The molecular formula is C12H9N5OS. The smallest absolute Gasteiger partial charge is 0.218 e. The Morgan fingerprint density at radius 3 is 2.47 bits per heavy atom. The van der Waals surface area contributed by atoms with Crippen LogP contribution in [0.5, 0.6) is 5.75 Å². The molecule has 0 aliphatic rings. The van der Waals surface area contributed by atoms with Crippen molar-refractivity contribution in [3.8, 4) is 11.4 Å². The Bertz CT molecular complexity index is 668. The molecule has 3 aromatic rings. The third-order valence-electron chi connectivity index (χ3n) is 2.39. The van der Waals surface area contributed by atoms with Crippen LogP contribution in [0.4, 0.5) is 0 Å². The van der Waals surface area contributed by atoms with E-state index in [1.165, 1.54) is 11.8 Å². The van der Waals surface area contributed by atoms with Crippen LogP contribution in [0.25, 0.3) is 5.69 Å². The highest BCUT2D eigenvalue weighted by atomic mass is 32.2. The molecule has 2 aromatic heterocycles. The Labute approximate surface area is 113 Å². The lowest BCUT2D eigenvalue weighted by molar-refractivity contribution is 0.475. The third-order valence-corrected chi connectivity index (χ3v) is 3.34. The molecule has 0 aliphatic heterocycles. The fourth-order valence-corrected chi connectivity index (χ4v) is 2.28. The molecule has 0 atom stereocenters. The van der Waals surface area contributed by atoms with Gasteiger partial charge in [-0.3, -0.25) is 4.98 Å². The van der Waals surface area contributed by atoms with E-state index in [1.807, 2.05) is 12.1 Å². The molecule has 1 aromatic carbocycles. The van der Waals surface area contributed by atoms with Gasteiger partial charge < -0.3 is 5.11 Å². The lowest BCUT2D eigenvalue weighted by Gasteiger charge is -2.03. The summed E-state index contributed by atoms with van der Waals surface area (Å²) in [7, 11) is 0. The molecule has 0 saturated carbocycles. The fourth-order valence-electron chi connectivity index (χ4n) is 1.51. The van der Waals surface area contributed by atoms with Crippen molar-refractivity contribution in [2.24, 2.45) is 0 Å². The number of phenolic OH excluding ortho intramolecular Hbond substituents is 1. The molecule has 0 bridgehead atoms. The average Bonchev–Trinajstić information content (AvgIpc) is 2.89. The molecule has 2 heterocycles. The number of phenols is 1. The summed E-state index contributed by atoms with van der Waals surface area (Å²) < 4.78 is 1.62. The van der Waals surface area contributed by atoms with Crippen LogP contribution in [-0.2, 0) is 0 Å². The maximum Gasteiger partial charge on any atom is 0.218 e. The number of benzene rings is 1. The molecule has 0 amide bonds. The second-order valence-corrected chi connectivity index (χ2v) is 4.72. The van der Waals surface area contributed by atoms with Crippen molar-refractivity contribution in [3.05, 3.63) is 48.8 Å². The first-order valence-corrected chi connectivity index (χ1v) is 6.30.